The predicted octanol–water partition coefficient (Wildman–Crippen LogP) is -0.171. The van der Waals surface area contributed by atoms with E-state index in [1.165, 1.54) is 0 Å². The maximum absolute atomic E-state index is 11.0. The second-order valence-corrected chi connectivity index (χ2v) is 2.91. The molecule has 0 radical (unpaired) electrons. The van der Waals surface area contributed by atoms with E-state index in [-0.39, 0.29) is 5.84 Å². The Hall–Kier alpha value is -1.39. The van der Waals surface area contributed by atoms with Gasteiger partial charge in [-0.05, 0) is 13.8 Å². The van der Waals surface area contributed by atoms with Crippen LogP contribution in [0.4, 0.5) is 4.79 Å². The summed E-state index contributed by atoms with van der Waals surface area (Å²) in [7, 11) is 0. The van der Waals surface area contributed by atoms with Gasteiger partial charge in [-0.3, -0.25) is 20.8 Å². The first kappa shape index (κ1) is 7.71. The van der Waals surface area contributed by atoms with Gasteiger partial charge in [0.1, 0.15) is 11.3 Å². The molecular formula is C6H9N3O2. The fraction of sp³-hybridized carbons (Fsp3) is 0.500. The van der Waals surface area contributed by atoms with Crippen molar-refractivity contribution in [1.29, 1.82) is 5.41 Å². The fourth-order valence-electron chi connectivity index (χ4n) is 0.674. The second kappa shape index (κ2) is 2.05. The highest BCUT2D eigenvalue weighted by atomic mass is 16.2. The van der Waals surface area contributed by atoms with Gasteiger partial charge >= 0.3 is 6.03 Å². The maximum Gasteiger partial charge on any atom is 0.326 e. The van der Waals surface area contributed by atoms with Crippen LogP contribution in [0.3, 0.4) is 0 Å². The lowest BCUT2D eigenvalue weighted by Gasteiger charge is -2.28. The van der Waals surface area contributed by atoms with Crippen molar-refractivity contribution in [2.24, 2.45) is 5.41 Å². The number of carbonyl (C=O) groups is 2. The van der Waals surface area contributed by atoms with Gasteiger partial charge in [0.15, 0.2) is 0 Å². The highest BCUT2D eigenvalue weighted by Gasteiger charge is 2.38. The minimum atomic E-state index is -0.923. The lowest BCUT2D eigenvalue weighted by atomic mass is 9.89. The monoisotopic (exact) mass is 155 g/mol. The summed E-state index contributed by atoms with van der Waals surface area (Å²) in [4.78, 5) is 21.6. The minimum absolute atomic E-state index is 0.0637. The molecule has 60 valence electrons. The van der Waals surface area contributed by atoms with Gasteiger partial charge in [-0.1, -0.05) is 0 Å². The van der Waals surface area contributed by atoms with E-state index in [1.54, 1.807) is 13.8 Å². The smallest absolute Gasteiger partial charge is 0.295 e. The molecule has 3 N–H and O–H groups in total. The van der Waals surface area contributed by atoms with Crippen LogP contribution >= 0.6 is 0 Å². The maximum atomic E-state index is 11.0. The molecule has 1 aliphatic rings. The lowest BCUT2D eigenvalue weighted by Crippen LogP contribution is -2.59. The average molecular weight is 155 g/mol. The number of imide groups is 1. The molecule has 0 bridgehead atoms. The molecule has 1 rings (SSSR count). The second-order valence-electron chi connectivity index (χ2n) is 2.91. The largest absolute Gasteiger partial charge is 0.326 e. The van der Waals surface area contributed by atoms with E-state index < -0.39 is 17.4 Å². The summed E-state index contributed by atoms with van der Waals surface area (Å²) < 4.78 is 0. The zero-order valence-electron chi connectivity index (χ0n) is 6.32. The van der Waals surface area contributed by atoms with Crippen LogP contribution in [-0.4, -0.2) is 17.8 Å². The fourth-order valence-corrected chi connectivity index (χ4v) is 0.674. The van der Waals surface area contributed by atoms with Gasteiger partial charge in [-0.15, -0.1) is 0 Å². The van der Waals surface area contributed by atoms with Gasteiger partial charge in [0, 0.05) is 0 Å². The van der Waals surface area contributed by atoms with E-state index in [0.717, 1.165) is 0 Å². The topological polar surface area (TPSA) is 82.1 Å². The molecule has 1 aliphatic heterocycles. The van der Waals surface area contributed by atoms with Crippen LogP contribution in [0.25, 0.3) is 0 Å². The number of hydrogen-bond donors (Lipinski definition) is 3. The average Bonchev–Trinajstić information content (AvgIpc) is 1.84. The summed E-state index contributed by atoms with van der Waals surface area (Å²) in [6.45, 7) is 3.15. The van der Waals surface area contributed by atoms with Crippen molar-refractivity contribution in [3.05, 3.63) is 0 Å². The molecule has 0 spiro atoms. The van der Waals surface area contributed by atoms with Crippen LogP contribution < -0.4 is 10.6 Å². The van der Waals surface area contributed by atoms with Crippen molar-refractivity contribution in [2.45, 2.75) is 13.8 Å². The van der Waals surface area contributed by atoms with Crippen LogP contribution in [0.15, 0.2) is 0 Å². The third kappa shape index (κ3) is 1.09. The minimum Gasteiger partial charge on any atom is -0.295 e. The molecule has 0 atom stereocenters. The number of amides is 3. The third-order valence-corrected chi connectivity index (χ3v) is 1.66. The van der Waals surface area contributed by atoms with E-state index in [4.69, 9.17) is 5.41 Å². The number of nitrogens with one attached hydrogen (secondary N) is 3. The Bertz CT molecular complexity index is 222. The summed E-state index contributed by atoms with van der Waals surface area (Å²) in [5.74, 6) is -0.502. The van der Waals surface area contributed by atoms with Crippen molar-refractivity contribution in [3.8, 4) is 0 Å². The normalized spacial score (nSPS) is 22.5. The molecule has 11 heavy (non-hydrogen) atoms. The number of amidine groups is 1. The molecule has 1 saturated heterocycles. The summed E-state index contributed by atoms with van der Waals surface area (Å²) in [5, 5.41) is 11.5. The Morgan fingerprint density at radius 3 is 2.27 bits per heavy atom. The third-order valence-electron chi connectivity index (χ3n) is 1.66. The first-order valence-corrected chi connectivity index (χ1v) is 3.16. The predicted molar refractivity (Wildman–Crippen MR) is 38.2 cm³/mol. The molecule has 0 saturated carbocycles. The molecule has 1 heterocycles. The molecule has 5 nitrogen and oxygen atoms in total. The lowest BCUT2D eigenvalue weighted by molar-refractivity contribution is -0.125. The Morgan fingerprint density at radius 2 is 1.82 bits per heavy atom. The molecule has 1 fully saturated rings. The summed E-state index contributed by atoms with van der Waals surface area (Å²) in [6.07, 6.45) is 0. The van der Waals surface area contributed by atoms with Crippen LogP contribution in [0.1, 0.15) is 13.8 Å². The van der Waals surface area contributed by atoms with Gasteiger partial charge in [0.05, 0.1) is 0 Å². The highest BCUT2D eigenvalue weighted by Crippen LogP contribution is 2.17. The molecule has 0 aromatic heterocycles. The van der Waals surface area contributed by atoms with Crippen molar-refractivity contribution >= 4 is 17.8 Å². The highest BCUT2D eigenvalue weighted by molar-refractivity contribution is 6.19. The number of hydrogen-bond acceptors (Lipinski definition) is 3. The van der Waals surface area contributed by atoms with Crippen LogP contribution in [0, 0.1) is 10.8 Å². The van der Waals surface area contributed by atoms with Gasteiger partial charge in [0.25, 0.3) is 0 Å². The van der Waals surface area contributed by atoms with Crippen molar-refractivity contribution in [3.63, 3.8) is 0 Å². The van der Waals surface area contributed by atoms with Gasteiger partial charge in [-0.2, -0.15) is 0 Å². The first-order valence-electron chi connectivity index (χ1n) is 3.16. The number of rotatable bonds is 0. The molecule has 5 heteroatoms. The molecule has 0 unspecified atom stereocenters. The molecule has 0 aromatic carbocycles. The molecule has 3 amide bonds. The van der Waals surface area contributed by atoms with Gasteiger partial charge < -0.3 is 0 Å². The number of carbonyl (C=O) groups excluding carboxylic acids is 2. The van der Waals surface area contributed by atoms with Crippen molar-refractivity contribution in [1.82, 2.24) is 10.6 Å². The quantitative estimate of drug-likeness (QED) is 0.454. The molecular weight excluding hydrogens is 146 g/mol. The summed E-state index contributed by atoms with van der Waals surface area (Å²) in [6, 6.07) is -0.626. The van der Waals surface area contributed by atoms with Crippen LogP contribution in [0.5, 0.6) is 0 Å². The Kier molecular flexibility index (Phi) is 1.44. The Morgan fingerprint density at radius 1 is 1.27 bits per heavy atom. The van der Waals surface area contributed by atoms with E-state index >= 15 is 0 Å². The van der Waals surface area contributed by atoms with Crippen molar-refractivity contribution < 1.29 is 9.59 Å². The SMILES string of the molecule is CC1(C)C(=N)NC(=O)NC1=O. The molecule has 0 aromatic rings. The number of urea groups is 1. The molecule has 0 aliphatic carbocycles. The summed E-state index contributed by atoms with van der Waals surface area (Å²) in [5.41, 5.74) is -0.923. The zero-order chi connectivity index (χ0) is 8.65. The van der Waals surface area contributed by atoms with E-state index in [2.05, 4.69) is 10.6 Å². The van der Waals surface area contributed by atoms with Gasteiger partial charge in [0.2, 0.25) is 5.91 Å². The van der Waals surface area contributed by atoms with Crippen LogP contribution in [0.2, 0.25) is 0 Å². The first-order chi connectivity index (χ1) is 4.94. The van der Waals surface area contributed by atoms with E-state index in [0.29, 0.717) is 0 Å². The summed E-state index contributed by atoms with van der Waals surface area (Å²) >= 11 is 0. The zero-order valence-corrected chi connectivity index (χ0v) is 6.32. The standard InChI is InChI=1S/C6H9N3O2/c1-6(2)3(7)8-5(11)9-4(6)10/h1-2H3,(H3,7,8,9,10,11). The Balaban J connectivity index is 2.93. The Labute approximate surface area is 63.7 Å². The van der Waals surface area contributed by atoms with Crippen molar-refractivity contribution in [2.75, 3.05) is 0 Å². The van der Waals surface area contributed by atoms with E-state index in [1.807, 2.05) is 0 Å². The van der Waals surface area contributed by atoms with E-state index in [9.17, 15) is 9.59 Å². The van der Waals surface area contributed by atoms with Gasteiger partial charge in [-0.25, -0.2) is 4.79 Å². The van der Waals surface area contributed by atoms with Crippen LogP contribution in [-0.2, 0) is 4.79 Å².